The van der Waals surface area contributed by atoms with Gasteiger partial charge in [0.1, 0.15) is 12.0 Å². The van der Waals surface area contributed by atoms with E-state index in [-0.39, 0.29) is 28.8 Å². The SMILES string of the molecule is Nc1c(NNC(=O)c2ccccc2Cl)ncnc1NNC(=O)c1cccc2ccccc12. The summed E-state index contributed by atoms with van der Waals surface area (Å²) in [5.74, 6) is -0.529. The van der Waals surface area contributed by atoms with Crippen molar-refractivity contribution >= 4 is 51.5 Å². The Balaban J connectivity index is 1.44. The zero-order valence-electron chi connectivity index (χ0n) is 16.6. The Hall–Kier alpha value is -4.37. The van der Waals surface area contributed by atoms with E-state index in [4.69, 9.17) is 17.3 Å². The van der Waals surface area contributed by atoms with Crippen LogP contribution in [0.25, 0.3) is 10.8 Å². The highest BCUT2D eigenvalue weighted by atomic mass is 35.5. The molecule has 9 nitrogen and oxygen atoms in total. The molecule has 0 radical (unpaired) electrons. The number of halogens is 1. The predicted octanol–water partition coefficient (Wildman–Crippen LogP) is 3.38. The fourth-order valence-electron chi connectivity index (χ4n) is 3.03. The van der Waals surface area contributed by atoms with Gasteiger partial charge in [-0.15, -0.1) is 0 Å². The fraction of sp³-hybridized carbons (Fsp3) is 0. The molecule has 4 rings (SSSR count). The number of nitrogens with two attached hydrogens (primary N) is 1. The lowest BCUT2D eigenvalue weighted by molar-refractivity contribution is 0.0955. The average molecular weight is 448 g/mol. The van der Waals surface area contributed by atoms with Crippen LogP contribution >= 0.6 is 11.6 Å². The van der Waals surface area contributed by atoms with E-state index >= 15 is 0 Å². The number of hydrogen-bond donors (Lipinski definition) is 5. The lowest BCUT2D eigenvalue weighted by Crippen LogP contribution is -2.32. The molecule has 0 atom stereocenters. The van der Waals surface area contributed by atoms with E-state index in [1.807, 2.05) is 30.3 Å². The summed E-state index contributed by atoms with van der Waals surface area (Å²) in [4.78, 5) is 33.0. The molecule has 6 N–H and O–H groups in total. The number of benzene rings is 3. The van der Waals surface area contributed by atoms with Crippen molar-refractivity contribution in [3.05, 3.63) is 89.2 Å². The van der Waals surface area contributed by atoms with Crippen molar-refractivity contribution in [2.75, 3.05) is 16.6 Å². The van der Waals surface area contributed by atoms with E-state index in [1.54, 1.807) is 36.4 Å². The maximum absolute atomic E-state index is 12.7. The summed E-state index contributed by atoms with van der Waals surface area (Å²) in [6, 6.07) is 19.6. The molecule has 0 aliphatic carbocycles. The molecule has 1 heterocycles. The quantitative estimate of drug-likeness (QED) is 0.286. The highest BCUT2D eigenvalue weighted by Crippen LogP contribution is 2.22. The van der Waals surface area contributed by atoms with Crippen molar-refractivity contribution in [2.45, 2.75) is 0 Å². The maximum Gasteiger partial charge on any atom is 0.271 e. The van der Waals surface area contributed by atoms with Crippen LogP contribution in [0.1, 0.15) is 20.7 Å². The largest absolute Gasteiger partial charge is 0.393 e. The number of carbonyl (C=O) groups is 2. The van der Waals surface area contributed by atoms with Gasteiger partial charge < -0.3 is 5.73 Å². The van der Waals surface area contributed by atoms with Gasteiger partial charge in [-0.25, -0.2) is 9.97 Å². The summed E-state index contributed by atoms with van der Waals surface area (Å²) in [5.41, 5.74) is 17.3. The molecule has 2 amide bonds. The topological polar surface area (TPSA) is 134 Å². The van der Waals surface area contributed by atoms with E-state index in [0.29, 0.717) is 10.6 Å². The zero-order valence-corrected chi connectivity index (χ0v) is 17.4. The van der Waals surface area contributed by atoms with E-state index in [0.717, 1.165) is 10.8 Å². The fourth-order valence-corrected chi connectivity index (χ4v) is 3.25. The number of fused-ring (bicyclic) bond motifs is 1. The van der Waals surface area contributed by atoms with Gasteiger partial charge in [-0.1, -0.05) is 60.1 Å². The van der Waals surface area contributed by atoms with Crippen LogP contribution in [-0.2, 0) is 0 Å². The molecule has 0 spiro atoms. The smallest absolute Gasteiger partial charge is 0.271 e. The van der Waals surface area contributed by atoms with Crippen molar-refractivity contribution in [1.29, 1.82) is 0 Å². The molecule has 10 heteroatoms. The summed E-state index contributed by atoms with van der Waals surface area (Å²) in [6.07, 6.45) is 1.23. The van der Waals surface area contributed by atoms with E-state index in [1.165, 1.54) is 6.33 Å². The Morgan fingerprint density at radius 1 is 0.750 bits per heavy atom. The molecule has 0 aliphatic rings. The third kappa shape index (κ3) is 4.37. The van der Waals surface area contributed by atoms with E-state index in [9.17, 15) is 9.59 Å². The van der Waals surface area contributed by atoms with Crippen LogP contribution in [0.2, 0.25) is 5.02 Å². The second-order valence-corrected chi connectivity index (χ2v) is 7.06. The van der Waals surface area contributed by atoms with Gasteiger partial charge in [-0.2, -0.15) is 0 Å². The average Bonchev–Trinajstić information content (AvgIpc) is 2.82. The molecule has 32 heavy (non-hydrogen) atoms. The number of anilines is 3. The number of carbonyl (C=O) groups excluding carboxylic acids is 2. The first-order valence-corrected chi connectivity index (χ1v) is 9.88. The van der Waals surface area contributed by atoms with Crippen molar-refractivity contribution in [3.63, 3.8) is 0 Å². The molecule has 0 unspecified atom stereocenters. The molecule has 4 aromatic rings. The molecule has 0 bridgehead atoms. The molecule has 1 aromatic heterocycles. The number of hydrogen-bond acceptors (Lipinski definition) is 7. The number of hydrazine groups is 2. The standard InChI is InChI=1S/C22H18ClN7O2/c23-17-11-4-3-9-16(17)22(32)30-28-20-18(24)19(25-12-26-20)27-29-21(31)15-10-5-7-13-6-1-2-8-14(13)15/h1-12H,24H2,(H,29,31)(H,30,32)(H2,25,26,27,28). The summed E-state index contributed by atoms with van der Waals surface area (Å²) >= 11 is 6.03. The van der Waals surface area contributed by atoms with E-state index < -0.39 is 5.91 Å². The Morgan fingerprint density at radius 3 is 2.03 bits per heavy atom. The van der Waals surface area contributed by atoms with Crippen LogP contribution in [0.4, 0.5) is 17.3 Å². The van der Waals surface area contributed by atoms with Gasteiger partial charge in [0.2, 0.25) is 0 Å². The van der Waals surface area contributed by atoms with Crippen molar-refractivity contribution in [1.82, 2.24) is 20.8 Å². The summed E-state index contributed by atoms with van der Waals surface area (Å²) in [5, 5.41) is 2.07. The number of amides is 2. The van der Waals surface area contributed by atoms with Crippen molar-refractivity contribution < 1.29 is 9.59 Å². The minimum absolute atomic E-state index is 0.0881. The van der Waals surface area contributed by atoms with Gasteiger partial charge >= 0.3 is 0 Å². The van der Waals surface area contributed by atoms with Crippen LogP contribution in [-0.4, -0.2) is 21.8 Å². The first-order chi connectivity index (χ1) is 15.5. The number of nitrogen functional groups attached to an aromatic ring is 1. The van der Waals surface area contributed by atoms with Crippen LogP contribution in [0.15, 0.2) is 73.1 Å². The van der Waals surface area contributed by atoms with Gasteiger partial charge in [0.25, 0.3) is 11.8 Å². The third-order valence-electron chi connectivity index (χ3n) is 4.63. The molecule has 0 saturated heterocycles. The lowest BCUT2D eigenvalue weighted by Gasteiger charge is -2.14. The third-order valence-corrected chi connectivity index (χ3v) is 4.96. The summed E-state index contributed by atoms with van der Waals surface area (Å²) in [6.45, 7) is 0. The normalized spacial score (nSPS) is 10.4. The van der Waals surface area contributed by atoms with E-state index in [2.05, 4.69) is 31.7 Å². The lowest BCUT2D eigenvalue weighted by atomic mass is 10.0. The van der Waals surface area contributed by atoms with Crippen LogP contribution in [0.5, 0.6) is 0 Å². The van der Waals surface area contributed by atoms with Gasteiger partial charge in [-0.3, -0.25) is 31.3 Å². The van der Waals surface area contributed by atoms with Crippen LogP contribution < -0.4 is 27.4 Å². The monoisotopic (exact) mass is 447 g/mol. The molecule has 0 fully saturated rings. The van der Waals surface area contributed by atoms with Crippen LogP contribution in [0, 0.1) is 0 Å². The Kier molecular flexibility index (Phi) is 6.00. The number of aromatic nitrogens is 2. The van der Waals surface area contributed by atoms with Crippen molar-refractivity contribution in [2.24, 2.45) is 0 Å². The summed E-state index contributed by atoms with van der Waals surface area (Å²) < 4.78 is 0. The van der Waals surface area contributed by atoms with Gasteiger partial charge in [0.05, 0.1) is 10.6 Å². The molecular weight excluding hydrogens is 430 g/mol. The highest BCUT2D eigenvalue weighted by molar-refractivity contribution is 6.33. The molecular formula is C22H18ClN7O2. The van der Waals surface area contributed by atoms with Crippen molar-refractivity contribution in [3.8, 4) is 0 Å². The number of nitrogens with one attached hydrogen (secondary N) is 4. The Morgan fingerprint density at radius 2 is 1.31 bits per heavy atom. The molecule has 3 aromatic carbocycles. The Bertz CT molecular complexity index is 1310. The van der Waals surface area contributed by atoms with Gasteiger partial charge in [0, 0.05) is 5.56 Å². The summed E-state index contributed by atoms with van der Waals surface area (Å²) in [7, 11) is 0. The second-order valence-electron chi connectivity index (χ2n) is 6.65. The second kappa shape index (κ2) is 9.19. The first kappa shape index (κ1) is 20.9. The maximum atomic E-state index is 12.7. The predicted molar refractivity (Wildman–Crippen MR) is 124 cm³/mol. The number of nitrogens with zero attached hydrogens (tertiary/aromatic N) is 2. The van der Waals surface area contributed by atoms with Gasteiger partial charge in [-0.05, 0) is 29.0 Å². The number of rotatable bonds is 6. The highest BCUT2D eigenvalue weighted by Gasteiger charge is 2.14. The van der Waals surface area contributed by atoms with Crippen LogP contribution in [0.3, 0.4) is 0 Å². The first-order valence-electron chi connectivity index (χ1n) is 9.50. The minimum atomic E-state index is -0.465. The zero-order chi connectivity index (χ0) is 22.5. The Labute approximate surface area is 188 Å². The minimum Gasteiger partial charge on any atom is -0.393 e. The molecule has 160 valence electrons. The molecule has 0 aliphatic heterocycles. The van der Waals surface area contributed by atoms with Gasteiger partial charge in [0.15, 0.2) is 11.6 Å². The molecule has 0 saturated carbocycles.